The van der Waals surface area contributed by atoms with Crippen LogP contribution in [-0.4, -0.2) is 27.7 Å². The van der Waals surface area contributed by atoms with Crippen LogP contribution in [-0.2, 0) is 17.6 Å². The number of hydrogen-bond acceptors (Lipinski definition) is 4. The maximum Gasteiger partial charge on any atom is 0.254 e. The lowest BCUT2D eigenvalue weighted by atomic mass is 9.95. The highest BCUT2D eigenvalue weighted by atomic mass is 32.2. The van der Waals surface area contributed by atoms with Crippen molar-refractivity contribution in [3.05, 3.63) is 21.6 Å². The van der Waals surface area contributed by atoms with Gasteiger partial charge in [-0.25, -0.2) is 4.98 Å². The molecule has 0 radical (unpaired) electrons. The lowest BCUT2D eigenvalue weighted by Gasteiger charge is -2.22. The second-order valence-electron chi connectivity index (χ2n) is 6.50. The zero-order chi connectivity index (χ0) is 16.1. The predicted octanol–water partition coefficient (Wildman–Crippen LogP) is 2.58. The van der Waals surface area contributed by atoms with E-state index in [0.29, 0.717) is 23.4 Å². The summed E-state index contributed by atoms with van der Waals surface area (Å²) in [7, 11) is 0. The summed E-state index contributed by atoms with van der Waals surface area (Å²) in [6.07, 6.45) is 10.4. The van der Waals surface area contributed by atoms with Gasteiger partial charge in [0.25, 0.3) is 5.56 Å². The molecule has 126 valence electrons. The maximum atomic E-state index is 12.1. The van der Waals surface area contributed by atoms with E-state index in [1.54, 1.807) is 0 Å². The minimum absolute atomic E-state index is 0.00357. The van der Waals surface area contributed by atoms with E-state index in [-0.39, 0.29) is 11.5 Å². The van der Waals surface area contributed by atoms with Gasteiger partial charge >= 0.3 is 0 Å². The van der Waals surface area contributed by atoms with Gasteiger partial charge in [-0.2, -0.15) is 0 Å². The van der Waals surface area contributed by atoms with Crippen molar-refractivity contribution in [3.8, 4) is 0 Å². The molecule has 0 saturated heterocycles. The predicted molar refractivity (Wildman–Crippen MR) is 91.9 cm³/mol. The first-order valence-electron chi connectivity index (χ1n) is 8.76. The molecule has 1 aromatic heterocycles. The molecule has 1 aromatic rings. The Morgan fingerprint density at radius 1 is 1.17 bits per heavy atom. The van der Waals surface area contributed by atoms with E-state index < -0.39 is 0 Å². The Bertz CT molecular complexity index is 608. The van der Waals surface area contributed by atoms with Crippen molar-refractivity contribution in [1.29, 1.82) is 0 Å². The number of rotatable bonds is 5. The van der Waals surface area contributed by atoms with Gasteiger partial charge in [-0.3, -0.25) is 9.59 Å². The third kappa shape index (κ3) is 4.59. The zero-order valence-corrected chi connectivity index (χ0v) is 14.3. The van der Waals surface area contributed by atoms with Crippen molar-refractivity contribution in [2.75, 3.05) is 5.75 Å². The molecule has 2 N–H and O–H groups in total. The topological polar surface area (TPSA) is 74.8 Å². The molecular weight excluding hydrogens is 310 g/mol. The quantitative estimate of drug-likeness (QED) is 0.641. The van der Waals surface area contributed by atoms with Crippen LogP contribution in [0.4, 0.5) is 0 Å². The molecule has 2 aliphatic carbocycles. The van der Waals surface area contributed by atoms with E-state index in [0.717, 1.165) is 49.8 Å². The van der Waals surface area contributed by atoms with Gasteiger partial charge in [0.1, 0.15) is 0 Å². The number of nitrogens with one attached hydrogen (secondary N) is 2. The van der Waals surface area contributed by atoms with Crippen LogP contribution in [0.5, 0.6) is 0 Å². The summed E-state index contributed by atoms with van der Waals surface area (Å²) >= 11 is 1.47. The van der Waals surface area contributed by atoms with Crippen molar-refractivity contribution in [2.24, 2.45) is 0 Å². The van der Waals surface area contributed by atoms with E-state index in [1.807, 2.05) is 0 Å². The van der Waals surface area contributed by atoms with Gasteiger partial charge in [-0.1, -0.05) is 31.0 Å². The highest BCUT2D eigenvalue weighted by Crippen LogP contribution is 2.20. The Morgan fingerprint density at radius 3 is 2.78 bits per heavy atom. The van der Waals surface area contributed by atoms with Gasteiger partial charge in [0.15, 0.2) is 5.16 Å². The third-order valence-electron chi connectivity index (χ3n) is 4.71. The fourth-order valence-electron chi connectivity index (χ4n) is 3.44. The van der Waals surface area contributed by atoms with Crippen LogP contribution in [0.1, 0.15) is 62.6 Å². The molecule has 0 atom stereocenters. The first-order valence-corrected chi connectivity index (χ1v) is 9.75. The molecule has 6 heteroatoms. The smallest absolute Gasteiger partial charge is 0.254 e. The van der Waals surface area contributed by atoms with E-state index in [4.69, 9.17) is 0 Å². The number of nitrogens with zero attached hydrogens (tertiary/aromatic N) is 1. The van der Waals surface area contributed by atoms with Gasteiger partial charge in [0.2, 0.25) is 5.91 Å². The number of aromatic amines is 1. The molecule has 1 amide bonds. The SMILES string of the molecule is O=C(CCSc1nc2c(c(=O)[nH]1)CCCC2)NC1CCCCC1. The van der Waals surface area contributed by atoms with Gasteiger partial charge < -0.3 is 10.3 Å². The summed E-state index contributed by atoms with van der Waals surface area (Å²) in [5, 5.41) is 3.78. The Balaban J connectivity index is 1.47. The average molecular weight is 335 g/mol. The highest BCUT2D eigenvalue weighted by Gasteiger charge is 2.17. The van der Waals surface area contributed by atoms with Crippen LogP contribution in [0.2, 0.25) is 0 Å². The van der Waals surface area contributed by atoms with Crippen LogP contribution >= 0.6 is 11.8 Å². The molecule has 0 aliphatic heterocycles. The number of thioether (sulfide) groups is 1. The van der Waals surface area contributed by atoms with Crippen molar-refractivity contribution in [1.82, 2.24) is 15.3 Å². The average Bonchev–Trinajstić information content (AvgIpc) is 2.56. The van der Waals surface area contributed by atoms with E-state index >= 15 is 0 Å². The normalized spacial score (nSPS) is 18.4. The molecule has 0 unspecified atom stereocenters. The first kappa shape index (κ1) is 16.6. The van der Waals surface area contributed by atoms with Gasteiger partial charge in [0.05, 0.1) is 5.69 Å². The number of fused-ring (bicyclic) bond motifs is 1. The summed E-state index contributed by atoms with van der Waals surface area (Å²) in [5.41, 5.74) is 1.81. The second kappa shape index (κ2) is 7.99. The zero-order valence-electron chi connectivity index (χ0n) is 13.5. The van der Waals surface area contributed by atoms with Crippen molar-refractivity contribution in [3.63, 3.8) is 0 Å². The Hall–Kier alpha value is -1.30. The second-order valence-corrected chi connectivity index (χ2v) is 7.59. The summed E-state index contributed by atoms with van der Waals surface area (Å²) in [5.74, 6) is 0.769. The van der Waals surface area contributed by atoms with Crippen LogP contribution < -0.4 is 10.9 Å². The van der Waals surface area contributed by atoms with Crippen LogP contribution in [0.3, 0.4) is 0 Å². The fraction of sp³-hybridized carbons (Fsp3) is 0.706. The summed E-state index contributed by atoms with van der Waals surface area (Å²) in [6, 6.07) is 0.364. The third-order valence-corrected chi connectivity index (χ3v) is 5.58. The van der Waals surface area contributed by atoms with E-state index in [2.05, 4.69) is 15.3 Å². The lowest BCUT2D eigenvalue weighted by Crippen LogP contribution is -2.36. The fourth-order valence-corrected chi connectivity index (χ4v) is 4.26. The monoisotopic (exact) mass is 335 g/mol. The standard InChI is InChI=1S/C17H25N3O2S/c21-15(18-12-6-2-1-3-7-12)10-11-23-17-19-14-9-5-4-8-13(14)16(22)20-17/h12H,1-11H2,(H,18,21)(H,19,20,22). The molecule has 1 heterocycles. The summed E-state index contributed by atoms with van der Waals surface area (Å²) in [4.78, 5) is 31.5. The Morgan fingerprint density at radius 2 is 1.96 bits per heavy atom. The van der Waals surface area contributed by atoms with Crippen molar-refractivity contribution in [2.45, 2.75) is 75.4 Å². The number of carbonyl (C=O) groups is 1. The molecule has 0 aromatic carbocycles. The summed E-state index contributed by atoms with van der Waals surface area (Å²) < 4.78 is 0. The minimum atomic E-state index is 0.00357. The molecular formula is C17H25N3O2S. The van der Waals surface area contributed by atoms with Crippen LogP contribution in [0.15, 0.2) is 9.95 Å². The van der Waals surface area contributed by atoms with Gasteiger partial charge in [0, 0.05) is 23.8 Å². The van der Waals surface area contributed by atoms with Crippen molar-refractivity contribution >= 4 is 17.7 Å². The molecule has 2 aliphatic rings. The summed E-state index contributed by atoms with van der Waals surface area (Å²) in [6.45, 7) is 0. The number of aryl methyl sites for hydroxylation is 1. The molecule has 1 fully saturated rings. The van der Waals surface area contributed by atoms with E-state index in [9.17, 15) is 9.59 Å². The van der Waals surface area contributed by atoms with Crippen LogP contribution in [0, 0.1) is 0 Å². The maximum absolute atomic E-state index is 12.1. The number of carbonyl (C=O) groups excluding carboxylic acids is 1. The molecule has 0 bridgehead atoms. The Kier molecular flexibility index (Phi) is 5.75. The number of aromatic nitrogens is 2. The van der Waals surface area contributed by atoms with E-state index in [1.165, 1.54) is 31.0 Å². The molecule has 23 heavy (non-hydrogen) atoms. The minimum Gasteiger partial charge on any atom is -0.353 e. The number of H-pyrrole nitrogens is 1. The number of hydrogen-bond donors (Lipinski definition) is 2. The largest absolute Gasteiger partial charge is 0.353 e. The molecule has 1 saturated carbocycles. The lowest BCUT2D eigenvalue weighted by molar-refractivity contribution is -0.121. The highest BCUT2D eigenvalue weighted by molar-refractivity contribution is 7.99. The van der Waals surface area contributed by atoms with Gasteiger partial charge in [-0.15, -0.1) is 0 Å². The van der Waals surface area contributed by atoms with Crippen molar-refractivity contribution < 1.29 is 4.79 Å². The molecule has 5 nitrogen and oxygen atoms in total. The number of amides is 1. The molecule has 0 spiro atoms. The van der Waals surface area contributed by atoms with Gasteiger partial charge in [-0.05, 0) is 38.5 Å². The Labute approximate surface area is 141 Å². The van der Waals surface area contributed by atoms with Crippen LogP contribution in [0.25, 0.3) is 0 Å². The molecule has 3 rings (SSSR count). The first-order chi connectivity index (χ1) is 11.2.